The van der Waals surface area contributed by atoms with Gasteiger partial charge in [-0.05, 0) is 55.8 Å². The second kappa shape index (κ2) is 8.64. The van der Waals surface area contributed by atoms with E-state index in [0.717, 1.165) is 16.9 Å². The number of rotatable bonds is 7. The van der Waals surface area contributed by atoms with Gasteiger partial charge < -0.3 is 9.47 Å². The highest BCUT2D eigenvalue weighted by molar-refractivity contribution is 7.22. The largest absolute Gasteiger partial charge is 0.494 e. The Morgan fingerprint density at radius 3 is 2.52 bits per heavy atom. The minimum atomic E-state index is -0.372. The highest BCUT2D eigenvalue weighted by Gasteiger charge is 2.13. The van der Waals surface area contributed by atoms with Crippen LogP contribution in [0, 0.1) is 0 Å². The van der Waals surface area contributed by atoms with Crippen molar-refractivity contribution >= 4 is 38.6 Å². The van der Waals surface area contributed by atoms with Crippen LogP contribution in [0.2, 0.25) is 0 Å². The maximum absolute atomic E-state index is 12.4. The molecule has 0 bridgehead atoms. The molecule has 0 unspecified atom stereocenters. The average Bonchev–Trinajstić information content (AvgIpc) is 3.08. The molecule has 0 aliphatic heterocycles. The molecular formula is C20H20N2O4S. The highest BCUT2D eigenvalue weighted by atomic mass is 32.1. The standard InChI is InChI=1S/C20H20N2O4S/c1-3-11-26-15-8-5-13(6-9-15)18(23)22-20-21-16-10-7-14(12-17(16)27-20)19(24)25-4-2/h5-10,12H,3-4,11H2,1-2H3,(H,21,22,23). The fraction of sp³-hybridized carbons (Fsp3) is 0.250. The predicted molar refractivity (Wildman–Crippen MR) is 106 cm³/mol. The molecule has 3 aromatic rings. The van der Waals surface area contributed by atoms with Gasteiger partial charge in [0.05, 0.1) is 29.0 Å². The zero-order valence-electron chi connectivity index (χ0n) is 15.2. The molecule has 27 heavy (non-hydrogen) atoms. The minimum Gasteiger partial charge on any atom is -0.494 e. The Labute approximate surface area is 161 Å². The number of hydrogen-bond acceptors (Lipinski definition) is 6. The molecule has 0 aliphatic carbocycles. The van der Waals surface area contributed by atoms with E-state index in [1.54, 1.807) is 49.4 Å². The molecule has 140 valence electrons. The molecule has 0 saturated heterocycles. The number of nitrogens with zero attached hydrogens (tertiary/aromatic N) is 1. The summed E-state index contributed by atoms with van der Waals surface area (Å²) in [4.78, 5) is 28.6. The maximum atomic E-state index is 12.4. The summed E-state index contributed by atoms with van der Waals surface area (Å²) in [7, 11) is 0. The average molecular weight is 384 g/mol. The molecule has 1 aromatic heterocycles. The number of amides is 1. The Bertz CT molecular complexity index is 950. The van der Waals surface area contributed by atoms with E-state index in [0.29, 0.717) is 35.0 Å². The molecule has 2 aromatic carbocycles. The van der Waals surface area contributed by atoms with Crippen LogP contribution in [0.5, 0.6) is 5.75 Å². The van der Waals surface area contributed by atoms with Crippen LogP contribution in [-0.4, -0.2) is 30.1 Å². The number of anilines is 1. The first kappa shape index (κ1) is 18.8. The number of nitrogens with one attached hydrogen (secondary N) is 1. The number of thiazole rings is 1. The molecule has 0 aliphatic rings. The Kier molecular flexibility index (Phi) is 6.03. The van der Waals surface area contributed by atoms with Crippen LogP contribution < -0.4 is 10.1 Å². The summed E-state index contributed by atoms with van der Waals surface area (Å²) in [5.41, 5.74) is 1.70. The van der Waals surface area contributed by atoms with Gasteiger partial charge in [0, 0.05) is 5.56 Å². The van der Waals surface area contributed by atoms with E-state index in [-0.39, 0.29) is 11.9 Å². The third-order valence-electron chi connectivity index (χ3n) is 3.71. The van der Waals surface area contributed by atoms with Crippen LogP contribution in [0.3, 0.4) is 0 Å². The monoisotopic (exact) mass is 384 g/mol. The third-order valence-corrected chi connectivity index (χ3v) is 4.64. The molecule has 7 heteroatoms. The van der Waals surface area contributed by atoms with Gasteiger partial charge in [0.25, 0.3) is 5.91 Å². The molecule has 3 rings (SSSR count). The molecule has 6 nitrogen and oxygen atoms in total. The van der Waals surface area contributed by atoms with Crippen molar-refractivity contribution in [1.29, 1.82) is 0 Å². The smallest absolute Gasteiger partial charge is 0.338 e. The molecule has 1 N–H and O–H groups in total. The summed E-state index contributed by atoms with van der Waals surface area (Å²) >= 11 is 1.31. The lowest BCUT2D eigenvalue weighted by atomic mass is 10.2. The van der Waals surface area contributed by atoms with Crippen molar-refractivity contribution in [3.63, 3.8) is 0 Å². The molecule has 1 heterocycles. The summed E-state index contributed by atoms with van der Waals surface area (Å²) in [6.07, 6.45) is 0.928. The number of carbonyl (C=O) groups is 2. The van der Waals surface area contributed by atoms with Gasteiger partial charge in [-0.25, -0.2) is 9.78 Å². The number of hydrogen-bond donors (Lipinski definition) is 1. The second-order valence-corrected chi connectivity index (χ2v) is 6.78. The van der Waals surface area contributed by atoms with E-state index >= 15 is 0 Å². The van der Waals surface area contributed by atoms with E-state index in [9.17, 15) is 9.59 Å². The number of esters is 1. The molecular weight excluding hydrogens is 364 g/mol. The maximum Gasteiger partial charge on any atom is 0.338 e. The first-order chi connectivity index (χ1) is 13.1. The lowest BCUT2D eigenvalue weighted by Gasteiger charge is -2.05. The van der Waals surface area contributed by atoms with Crippen molar-refractivity contribution in [1.82, 2.24) is 4.98 Å². The van der Waals surface area contributed by atoms with Gasteiger partial charge >= 0.3 is 5.97 Å². The van der Waals surface area contributed by atoms with Gasteiger partial charge in [0.15, 0.2) is 5.13 Å². The van der Waals surface area contributed by atoms with Crippen LogP contribution in [0.4, 0.5) is 5.13 Å². The summed E-state index contributed by atoms with van der Waals surface area (Å²) in [6, 6.07) is 12.1. The Morgan fingerprint density at radius 1 is 1.07 bits per heavy atom. The van der Waals surface area contributed by atoms with E-state index in [1.165, 1.54) is 11.3 Å². The summed E-state index contributed by atoms with van der Waals surface area (Å²) in [5.74, 6) is 0.116. The van der Waals surface area contributed by atoms with Crippen molar-refractivity contribution in [3.05, 3.63) is 53.6 Å². The fourth-order valence-electron chi connectivity index (χ4n) is 2.41. The molecule has 0 atom stereocenters. The lowest BCUT2D eigenvalue weighted by molar-refractivity contribution is 0.0526. The van der Waals surface area contributed by atoms with Crippen molar-refractivity contribution in [2.75, 3.05) is 18.5 Å². The van der Waals surface area contributed by atoms with Gasteiger partial charge in [0.1, 0.15) is 5.75 Å². The van der Waals surface area contributed by atoms with Crippen molar-refractivity contribution in [3.8, 4) is 5.75 Å². The Morgan fingerprint density at radius 2 is 1.81 bits per heavy atom. The van der Waals surface area contributed by atoms with Crippen LogP contribution in [-0.2, 0) is 4.74 Å². The van der Waals surface area contributed by atoms with Crippen LogP contribution in [0.1, 0.15) is 41.0 Å². The van der Waals surface area contributed by atoms with Gasteiger partial charge in [-0.2, -0.15) is 0 Å². The van der Waals surface area contributed by atoms with Gasteiger partial charge in [-0.15, -0.1) is 0 Å². The van der Waals surface area contributed by atoms with Gasteiger partial charge in [-0.3, -0.25) is 10.1 Å². The van der Waals surface area contributed by atoms with E-state index in [1.807, 2.05) is 6.92 Å². The van der Waals surface area contributed by atoms with Crippen LogP contribution in [0.15, 0.2) is 42.5 Å². The number of aromatic nitrogens is 1. The summed E-state index contributed by atoms with van der Waals surface area (Å²) in [6.45, 7) is 4.77. The number of ether oxygens (including phenoxy) is 2. The van der Waals surface area contributed by atoms with E-state index in [4.69, 9.17) is 9.47 Å². The molecule has 0 spiro atoms. The Hall–Kier alpha value is -2.93. The van der Waals surface area contributed by atoms with Crippen LogP contribution in [0.25, 0.3) is 10.2 Å². The number of benzene rings is 2. The molecule has 1 amide bonds. The van der Waals surface area contributed by atoms with Gasteiger partial charge in [-0.1, -0.05) is 18.3 Å². The van der Waals surface area contributed by atoms with Crippen molar-refractivity contribution < 1.29 is 19.1 Å². The SMILES string of the molecule is CCCOc1ccc(C(=O)Nc2nc3ccc(C(=O)OCC)cc3s2)cc1. The molecule has 0 saturated carbocycles. The first-order valence-electron chi connectivity index (χ1n) is 8.72. The van der Waals surface area contributed by atoms with Crippen molar-refractivity contribution in [2.24, 2.45) is 0 Å². The fourth-order valence-corrected chi connectivity index (χ4v) is 3.31. The van der Waals surface area contributed by atoms with E-state index in [2.05, 4.69) is 10.3 Å². The van der Waals surface area contributed by atoms with E-state index < -0.39 is 0 Å². The quantitative estimate of drug-likeness (QED) is 0.606. The normalized spacial score (nSPS) is 10.6. The van der Waals surface area contributed by atoms with Crippen LogP contribution >= 0.6 is 11.3 Å². The second-order valence-electron chi connectivity index (χ2n) is 5.75. The summed E-state index contributed by atoms with van der Waals surface area (Å²) in [5, 5.41) is 3.27. The predicted octanol–water partition coefficient (Wildman–Crippen LogP) is 4.51. The zero-order chi connectivity index (χ0) is 19.2. The number of carbonyl (C=O) groups excluding carboxylic acids is 2. The minimum absolute atomic E-state index is 0.248. The molecule has 0 fully saturated rings. The Balaban J connectivity index is 1.72. The van der Waals surface area contributed by atoms with Crippen molar-refractivity contribution in [2.45, 2.75) is 20.3 Å². The topological polar surface area (TPSA) is 77.5 Å². The number of fused-ring (bicyclic) bond motifs is 1. The van der Waals surface area contributed by atoms with Gasteiger partial charge in [0.2, 0.25) is 0 Å². The third kappa shape index (κ3) is 4.62. The highest BCUT2D eigenvalue weighted by Crippen LogP contribution is 2.27. The summed E-state index contributed by atoms with van der Waals surface area (Å²) < 4.78 is 11.3. The molecule has 0 radical (unpaired) electrons. The first-order valence-corrected chi connectivity index (χ1v) is 9.54. The lowest BCUT2D eigenvalue weighted by Crippen LogP contribution is -2.11. The zero-order valence-corrected chi connectivity index (χ0v) is 16.0.